The quantitative estimate of drug-likeness (QED) is 0.892. The lowest BCUT2D eigenvalue weighted by Crippen LogP contribution is -2.33. The highest BCUT2D eigenvalue weighted by atomic mass is 16.6. The van der Waals surface area contributed by atoms with Crippen molar-refractivity contribution in [2.75, 3.05) is 18.4 Å². The molecule has 0 atom stereocenters. The Morgan fingerprint density at radius 3 is 2.95 bits per heavy atom. The van der Waals surface area contributed by atoms with Crippen LogP contribution in [0.4, 0.5) is 10.5 Å². The van der Waals surface area contributed by atoms with E-state index in [9.17, 15) is 4.79 Å². The van der Waals surface area contributed by atoms with Crippen molar-refractivity contribution in [1.29, 1.82) is 0 Å². The zero-order valence-electron chi connectivity index (χ0n) is 12.6. The van der Waals surface area contributed by atoms with E-state index in [-0.39, 0.29) is 6.09 Å². The molecule has 0 saturated carbocycles. The number of hydrogen-bond acceptors (Lipinski definition) is 3. The third-order valence-electron chi connectivity index (χ3n) is 3.19. The Morgan fingerprint density at radius 2 is 2.20 bits per heavy atom. The molecule has 0 aromatic heterocycles. The van der Waals surface area contributed by atoms with E-state index in [2.05, 4.69) is 28.8 Å². The van der Waals surface area contributed by atoms with Crippen molar-refractivity contribution in [3.05, 3.63) is 29.3 Å². The van der Waals surface area contributed by atoms with Crippen molar-refractivity contribution in [3.8, 4) is 0 Å². The topological polar surface area (TPSA) is 50.4 Å². The van der Waals surface area contributed by atoms with Crippen LogP contribution >= 0.6 is 0 Å². The molecule has 2 rings (SSSR count). The smallest absolute Gasteiger partial charge is 0.407 e. The van der Waals surface area contributed by atoms with E-state index in [1.807, 2.05) is 20.8 Å². The molecule has 0 fully saturated rings. The minimum absolute atomic E-state index is 0.353. The lowest BCUT2D eigenvalue weighted by atomic mass is 10.0. The van der Waals surface area contributed by atoms with Gasteiger partial charge in [0.05, 0.1) is 0 Å². The molecule has 1 aliphatic heterocycles. The number of hydrogen-bond donors (Lipinski definition) is 2. The fourth-order valence-electron chi connectivity index (χ4n) is 2.29. The first-order valence-electron chi connectivity index (χ1n) is 7.26. The first-order chi connectivity index (χ1) is 9.44. The highest BCUT2D eigenvalue weighted by Crippen LogP contribution is 2.23. The van der Waals surface area contributed by atoms with Crippen molar-refractivity contribution in [2.45, 2.75) is 45.6 Å². The first kappa shape index (κ1) is 14.7. The van der Waals surface area contributed by atoms with Crippen molar-refractivity contribution in [2.24, 2.45) is 0 Å². The Hall–Kier alpha value is -1.71. The number of fused-ring (bicyclic) bond motifs is 1. The molecule has 0 aliphatic carbocycles. The summed E-state index contributed by atoms with van der Waals surface area (Å²) in [5.41, 5.74) is 3.42. The fraction of sp³-hybridized carbons (Fsp3) is 0.562. The first-order valence-corrected chi connectivity index (χ1v) is 7.26. The van der Waals surface area contributed by atoms with Gasteiger partial charge in [0.15, 0.2) is 0 Å². The Bertz CT molecular complexity index is 478. The van der Waals surface area contributed by atoms with Crippen LogP contribution in [0.1, 0.15) is 38.3 Å². The van der Waals surface area contributed by atoms with Gasteiger partial charge in [-0.05, 0) is 57.2 Å². The lowest BCUT2D eigenvalue weighted by molar-refractivity contribution is 0.0528. The van der Waals surface area contributed by atoms with Gasteiger partial charge in [-0.3, -0.25) is 0 Å². The minimum Gasteiger partial charge on any atom is -0.444 e. The highest BCUT2D eigenvalue weighted by molar-refractivity contribution is 5.67. The van der Waals surface area contributed by atoms with Crippen molar-refractivity contribution >= 4 is 11.8 Å². The zero-order valence-corrected chi connectivity index (χ0v) is 12.6. The molecule has 1 amide bonds. The number of alkyl carbamates (subject to hydrolysis) is 1. The standard InChI is InChI=1S/C16H24N2O2/c1-16(2,3)20-15(19)18-10-8-12-6-7-13-5-4-9-17-14(13)11-12/h6-7,11,17H,4-5,8-10H2,1-3H3,(H,18,19). The number of rotatable bonds is 3. The van der Waals surface area contributed by atoms with Crippen LogP contribution in [0, 0.1) is 0 Å². The summed E-state index contributed by atoms with van der Waals surface area (Å²) in [5, 5.41) is 6.21. The maximum atomic E-state index is 11.5. The molecule has 0 saturated heterocycles. The second-order valence-electron chi connectivity index (χ2n) is 6.20. The predicted octanol–water partition coefficient (Wildman–Crippen LogP) is 3.11. The van der Waals surface area contributed by atoms with Crippen LogP contribution in [0.2, 0.25) is 0 Å². The normalized spacial score (nSPS) is 14.2. The van der Waals surface area contributed by atoms with Crippen LogP contribution in [-0.2, 0) is 17.6 Å². The Kier molecular flexibility index (Phi) is 4.53. The maximum absolute atomic E-state index is 11.5. The average Bonchev–Trinajstić information content (AvgIpc) is 2.36. The molecular weight excluding hydrogens is 252 g/mol. The number of carbonyl (C=O) groups is 1. The lowest BCUT2D eigenvalue weighted by Gasteiger charge is -2.20. The van der Waals surface area contributed by atoms with Gasteiger partial charge < -0.3 is 15.4 Å². The number of carbonyl (C=O) groups excluding carboxylic acids is 1. The summed E-state index contributed by atoms with van der Waals surface area (Å²) in [7, 11) is 0. The Labute approximate surface area is 120 Å². The van der Waals surface area contributed by atoms with Gasteiger partial charge in [-0.2, -0.15) is 0 Å². The Morgan fingerprint density at radius 1 is 1.40 bits per heavy atom. The minimum atomic E-state index is -0.445. The molecule has 110 valence electrons. The summed E-state index contributed by atoms with van der Waals surface area (Å²) in [6.45, 7) is 7.23. The van der Waals surface area contributed by atoms with E-state index >= 15 is 0 Å². The van der Waals surface area contributed by atoms with Crippen LogP contribution < -0.4 is 10.6 Å². The highest BCUT2D eigenvalue weighted by Gasteiger charge is 2.15. The van der Waals surface area contributed by atoms with E-state index in [0.29, 0.717) is 6.54 Å². The maximum Gasteiger partial charge on any atom is 0.407 e. The molecule has 4 nitrogen and oxygen atoms in total. The van der Waals surface area contributed by atoms with E-state index in [1.165, 1.54) is 23.2 Å². The van der Waals surface area contributed by atoms with Gasteiger partial charge >= 0.3 is 6.09 Å². The number of anilines is 1. The molecule has 4 heteroatoms. The predicted molar refractivity (Wildman–Crippen MR) is 81.2 cm³/mol. The molecule has 0 bridgehead atoms. The van der Waals surface area contributed by atoms with Gasteiger partial charge in [0, 0.05) is 18.8 Å². The monoisotopic (exact) mass is 276 g/mol. The summed E-state index contributed by atoms with van der Waals surface area (Å²) in [6.07, 6.45) is 2.81. The zero-order chi connectivity index (χ0) is 14.6. The second-order valence-corrected chi connectivity index (χ2v) is 6.20. The number of nitrogens with one attached hydrogen (secondary N) is 2. The second kappa shape index (κ2) is 6.16. The summed E-state index contributed by atoms with van der Waals surface area (Å²) in [4.78, 5) is 11.5. The van der Waals surface area contributed by atoms with Gasteiger partial charge in [-0.1, -0.05) is 12.1 Å². The molecular formula is C16H24N2O2. The number of benzene rings is 1. The molecule has 1 aromatic carbocycles. The van der Waals surface area contributed by atoms with Crippen molar-refractivity contribution in [3.63, 3.8) is 0 Å². The summed E-state index contributed by atoms with van der Waals surface area (Å²) in [5.74, 6) is 0. The summed E-state index contributed by atoms with van der Waals surface area (Å²) >= 11 is 0. The van der Waals surface area contributed by atoms with Crippen molar-refractivity contribution < 1.29 is 9.53 Å². The average molecular weight is 276 g/mol. The van der Waals surface area contributed by atoms with Gasteiger partial charge in [-0.15, -0.1) is 0 Å². The van der Waals surface area contributed by atoms with Gasteiger partial charge in [0.2, 0.25) is 0 Å². The van der Waals surface area contributed by atoms with E-state index in [1.54, 1.807) is 0 Å². The number of aryl methyl sites for hydroxylation is 1. The SMILES string of the molecule is CC(C)(C)OC(=O)NCCc1ccc2c(c1)NCCC2. The fourth-order valence-corrected chi connectivity index (χ4v) is 2.29. The van der Waals surface area contributed by atoms with Crippen molar-refractivity contribution in [1.82, 2.24) is 5.32 Å². The third-order valence-corrected chi connectivity index (χ3v) is 3.19. The number of ether oxygens (including phenoxy) is 1. The molecule has 0 radical (unpaired) electrons. The van der Waals surface area contributed by atoms with E-state index in [0.717, 1.165) is 19.4 Å². The van der Waals surface area contributed by atoms with Gasteiger partial charge in [-0.25, -0.2) is 4.79 Å². The molecule has 1 aromatic rings. The van der Waals surface area contributed by atoms with Crippen LogP contribution in [0.25, 0.3) is 0 Å². The summed E-state index contributed by atoms with van der Waals surface area (Å²) in [6, 6.07) is 6.51. The van der Waals surface area contributed by atoms with Crippen LogP contribution in [-0.4, -0.2) is 24.8 Å². The van der Waals surface area contributed by atoms with Gasteiger partial charge in [0.25, 0.3) is 0 Å². The van der Waals surface area contributed by atoms with Crippen LogP contribution in [0.3, 0.4) is 0 Å². The molecule has 1 aliphatic rings. The summed E-state index contributed by atoms with van der Waals surface area (Å²) < 4.78 is 5.20. The van der Waals surface area contributed by atoms with E-state index < -0.39 is 5.60 Å². The third kappa shape index (κ3) is 4.44. The molecule has 1 heterocycles. The molecule has 0 unspecified atom stereocenters. The largest absolute Gasteiger partial charge is 0.444 e. The Balaban J connectivity index is 1.81. The molecule has 2 N–H and O–H groups in total. The van der Waals surface area contributed by atoms with Crippen LogP contribution in [0.5, 0.6) is 0 Å². The number of amides is 1. The molecule has 20 heavy (non-hydrogen) atoms. The molecule has 0 spiro atoms. The van der Waals surface area contributed by atoms with Crippen LogP contribution in [0.15, 0.2) is 18.2 Å². The van der Waals surface area contributed by atoms with E-state index in [4.69, 9.17) is 4.74 Å². The van der Waals surface area contributed by atoms with Gasteiger partial charge in [0.1, 0.15) is 5.60 Å².